The summed E-state index contributed by atoms with van der Waals surface area (Å²) in [5.41, 5.74) is 10.4. The molecule has 0 saturated carbocycles. The second-order valence-electron chi connectivity index (χ2n) is 8.70. The van der Waals surface area contributed by atoms with Crippen LogP contribution in [0.15, 0.2) is 36.4 Å². The molecule has 0 spiro atoms. The topological polar surface area (TPSA) is 8.17 Å². The Bertz CT molecular complexity index is 1010. The summed E-state index contributed by atoms with van der Waals surface area (Å²) in [6.45, 7) is 10.1. The van der Waals surface area contributed by atoms with Crippen molar-refractivity contribution < 1.29 is 0 Å². The third-order valence-electron chi connectivity index (χ3n) is 6.73. The predicted molar refractivity (Wildman–Crippen MR) is 113 cm³/mol. The van der Waals surface area contributed by atoms with Gasteiger partial charge >= 0.3 is 0 Å². The first-order valence-electron chi connectivity index (χ1n) is 10.5. The minimum absolute atomic E-state index is 0.574. The summed E-state index contributed by atoms with van der Waals surface area (Å²) in [7, 11) is 0. The summed E-state index contributed by atoms with van der Waals surface area (Å²) in [6, 6.07) is 14.6. The van der Waals surface area contributed by atoms with E-state index in [0.717, 1.165) is 13.1 Å². The molecule has 0 saturated heterocycles. The summed E-state index contributed by atoms with van der Waals surface area (Å²) >= 11 is 0. The lowest BCUT2D eigenvalue weighted by Gasteiger charge is -2.34. The van der Waals surface area contributed by atoms with Gasteiger partial charge in [0.15, 0.2) is 0 Å². The van der Waals surface area contributed by atoms with Gasteiger partial charge in [-0.05, 0) is 75.3 Å². The Morgan fingerprint density at radius 3 is 2.59 bits per heavy atom. The molecule has 1 aliphatic heterocycles. The third kappa shape index (κ3) is 2.82. The number of nitrogens with zero attached hydrogens (tertiary/aromatic N) is 2. The van der Waals surface area contributed by atoms with Crippen LogP contribution in [-0.4, -0.2) is 16.0 Å². The summed E-state index contributed by atoms with van der Waals surface area (Å²) in [4.78, 5) is 2.77. The van der Waals surface area contributed by atoms with Gasteiger partial charge in [-0.25, -0.2) is 0 Å². The van der Waals surface area contributed by atoms with Crippen LogP contribution in [0.5, 0.6) is 0 Å². The van der Waals surface area contributed by atoms with E-state index >= 15 is 0 Å². The molecule has 1 aliphatic carbocycles. The molecule has 0 unspecified atom stereocenters. The van der Waals surface area contributed by atoms with E-state index in [-0.39, 0.29) is 0 Å². The maximum atomic E-state index is 2.77. The average molecular weight is 359 g/mol. The van der Waals surface area contributed by atoms with E-state index in [9.17, 15) is 0 Å². The Hall–Kier alpha value is -2.06. The van der Waals surface area contributed by atoms with Gasteiger partial charge in [-0.1, -0.05) is 35.4 Å². The molecule has 3 aromatic rings. The lowest BCUT2D eigenvalue weighted by Crippen LogP contribution is -2.31. The van der Waals surface area contributed by atoms with E-state index in [4.69, 9.17) is 0 Å². The minimum atomic E-state index is 0.574. The highest BCUT2D eigenvalue weighted by Crippen LogP contribution is 2.42. The van der Waals surface area contributed by atoms with E-state index in [0.29, 0.717) is 6.04 Å². The number of aryl methyl sites for hydroxylation is 5. The Morgan fingerprint density at radius 1 is 0.926 bits per heavy atom. The summed E-state index contributed by atoms with van der Waals surface area (Å²) < 4.78 is 2.66. The molecule has 0 radical (unpaired) electrons. The second kappa shape index (κ2) is 6.53. The quantitative estimate of drug-likeness (QED) is 0.558. The highest BCUT2D eigenvalue weighted by molar-refractivity contribution is 5.86. The molecule has 0 fully saturated rings. The Kier molecular flexibility index (Phi) is 4.12. The molecule has 2 nitrogen and oxygen atoms in total. The standard InChI is InChI=1S/C25H30N2/c1-17-8-10-20(19(3)14-17)16-26-12-5-13-27-23-11-9-18(2)15-22(23)21-6-4-7-24(26)25(21)27/h8-11,14-15,24H,4-7,12-13,16H2,1-3H3/t24-/m0/s1. The molecular formula is C25H30N2. The molecule has 0 bridgehead atoms. The smallest absolute Gasteiger partial charge is 0.0507 e. The summed E-state index contributed by atoms with van der Waals surface area (Å²) in [5.74, 6) is 0. The zero-order valence-electron chi connectivity index (χ0n) is 16.9. The van der Waals surface area contributed by atoms with Crippen molar-refractivity contribution in [1.29, 1.82) is 0 Å². The monoisotopic (exact) mass is 358 g/mol. The van der Waals surface area contributed by atoms with Crippen LogP contribution >= 0.6 is 0 Å². The van der Waals surface area contributed by atoms with Crippen molar-refractivity contribution in [1.82, 2.24) is 9.47 Å². The van der Waals surface area contributed by atoms with E-state index in [1.165, 1.54) is 65.4 Å². The van der Waals surface area contributed by atoms with Crippen LogP contribution in [0, 0.1) is 20.8 Å². The Morgan fingerprint density at radius 2 is 1.74 bits per heavy atom. The van der Waals surface area contributed by atoms with Crippen LogP contribution in [0.3, 0.4) is 0 Å². The average Bonchev–Trinajstić information content (AvgIpc) is 2.84. The number of aromatic nitrogens is 1. The molecule has 140 valence electrons. The molecule has 2 heteroatoms. The highest BCUT2D eigenvalue weighted by Gasteiger charge is 2.33. The lowest BCUT2D eigenvalue weighted by atomic mass is 9.90. The minimum Gasteiger partial charge on any atom is -0.343 e. The van der Waals surface area contributed by atoms with Crippen molar-refractivity contribution >= 4 is 10.9 Å². The summed E-state index contributed by atoms with van der Waals surface area (Å²) in [6.07, 6.45) is 5.10. The SMILES string of the molecule is Cc1ccc(CN2CCCn3c4c(c5cc(C)ccc53)CCC[C@@H]42)c(C)c1. The van der Waals surface area contributed by atoms with Crippen LogP contribution in [0.4, 0.5) is 0 Å². The van der Waals surface area contributed by atoms with Gasteiger partial charge in [0.25, 0.3) is 0 Å². The fraction of sp³-hybridized carbons (Fsp3) is 0.440. The Labute approximate surface area is 162 Å². The van der Waals surface area contributed by atoms with Crippen LogP contribution in [-0.2, 0) is 19.5 Å². The van der Waals surface area contributed by atoms with E-state index in [1.807, 2.05) is 0 Å². The fourth-order valence-electron chi connectivity index (χ4n) is 5.43. The zero-order chi connectivity index (χ0) is 18.5. The van der Waals surface area contributed by atoms with Gasteiger partial charge in [0.2, 0.25) is 0 Å². The number of rotatable bonds is 2. The molecule has 5 rings (SSSR count). The third-order valence-corrected chi connectivity index (χ3v) is 6.73. The fourth-order valence-corrected chi connectivity index (χ4v) is 5.43. The van der Waals surface area contributed by atoms with Gasteiger partial charge in [-0.15, -0.1) is 0 Å². The number of hydrogen-bond acceptors (Lipinski definition) is 1. The largest absolute Gasteiger partial charge is 0.343 e. The molecule has 0 N–H and O–H groups in total. The molecule has 27 heavy (non-hydrogen) atoms. The normalized spacial score (nSPS) is 19.9. The molecule has 2 aliphatic rings. The van der Waals surface area contributed by atoms with E-state index in [2.05, 4.69) is 66.6 Å². The summed E-state index contributed by atoms with van der Waals surface area (Å²) in [5, 5.41) is 1.52. The highest BCUT2D eigenvalue weighted by atomic mass is 15.2. The van der Waals surface area contributed by atoms with E-state index < -0.39 is 0 Å². The van der Waals surface area contributed by atoms with Crippen molar-refractivity contribution in [2.45, 2.75) is 65.6 Å². The van der Waals surface area contributed by atoms with Crippen LogP contribution in [0.25, 0.3) is 10.9 Å². The van der Waals surface area contributed by atoms with Gasteiger partial charge in [0.05, 0.1) is 6.04 Å². The number of hydrogen-bond donors (Lipinski definition) is 0. The van der Waals surface area contributed by atoms with Gasteiger partial charge in [-0.2, -0.15) is 0 Å². The molecule has 1 aromatic heterocycles. The van der Waals surface area contributed by atoms with Gasteiger partial charge < -0.3 is 4.57 Å². The molecule has 0 amide bonds. The molecular weight excluding hydrogens is 328 g/mol. The number of benzene rings is 2. The zero-order valence-corrected chi connectivity index (χ0v) is 16.9. The van der Waals surface area contributed by atoms with Gasteiger partial charge in [0, 0.05) is 36.2 Å². The van der Waals surface area contributed by atoms with Crippen molar-refractivity contribution in [2.24, 2.45) is 0 Å². The molecule has 1 atom stereocenters. The van der Waals surface area contributed by atoms with Crippen LogP contribution in [0.2, 0.25) is 0 Å². The van der Waals surface area contributed by atoms with Crippen LogP contribution in [0.1, 0.15) is 58.8 Å². The first kappa shape index (κ1) is 17.1. The Balaban J connectivity index is 1.59. The maximum absolute atomic E-state index is 2.77. The molecule has 2 heterocycles. The first-order chi connectivity index (χ1) is 13.1. The maximum Gasteiger partial charge on any atom is 0.0507 e. The predicted octanol–water partition coefficient (Wildman–Crippen LogP) is 5.85. The van der Waals surface area contributed by atoms with E-state index in [1.54, 1.807) is 11.3 Å². The number of fused-ring (bicyclic) bond motifs is 3. The van der Waals surface area contributed by atoms with Gasteiger partial charge in [0.1, 0.15) is 0 Å². The van der Waals surface area contributed by atoms with Crippen LogP contribution < -0.4 is 0 Å². The second-order valence-corrected chi connectivity index (χ2v) is 8.70. The van der Waals surface area contributed by atoms with Crippen molar-refractivity contribution in [3.8, 4) is 0 Å². The van der Waals surface area contributed by atoms with Crippen molar-refractivity contribution in [2.75, 3.05) is 6.54 Å². The first-order valence-corrected chi connectivity index (χ1v) is 10.5. The van der Waals surface area contributed by atoms with Gasteiger partial charge in [-0.3, -0.25) is 4.90 Å². The molecule has 2 aromatic carbocycles. The van der Waals surface area contributed by atoms with Crippen molar-refractivity contribution in [3.63, 3.8) is 0 Å². The van der Waals surface area contributed by atoms with Crippen molar-refractivity contribution in [3.05, 3.63) is 69.9 Å². The lowest BCUT2D eigenvalue weighted by molar-refractivity contribution is 0.173.